The van der Waals surface area contributed by atoms with Gasteiger partial charge in [-0.1, -0.05) is 12.1 Å². The normalized spacial score (nSPS) is 10.1. The van der Waals surface area contributed by atoms with E-state index in [0.29, 0.717) is 17.1 Å². The molecule has 0 fully saturated rings. The third kappa shape index (κ3) is 4.45. The molecule has 7 nitrogen and oxygen atoms in total. The lowest BCUT2D eigenvalue weighted by atomic mass is 10.1. The van der Waals surface area contributed by atoms with Gasteiger partial charge in [-0.05, 0) is 48.5 Å². The van der Waals surface area contributed by atoms with Crippen LogP contribution in [-0.2, 0) is 4.74 Å². The van der Waals surface area contributed by atoms with E-state index in [-0.39, 0.29) is 11.5 Å². The highest BCUT2D eigenvalue weighted by atomic mass is 16.5. The van der Waals surface area contributed by atoms with Gasteiger partial charge < -0.3 is 20.1 Å². The zero-order valence-corrected chi connectivity index (χ0v) is 15.4. The summed E-state index contributed by atoms with van der Waals surface area (Å²) in [6.45, 7) is 0. The topological polar surface area (TPSA) is 89.5 Å². The predicted molar refractivity (Wildman–Crippen MR) is 106 cm³/mol. The van der Waals surface area contributed by atoms with Crippen molar-refractivity contribution in [3.8, 4) is 5.75 Å². The molecule has 1 heterocycles. The molecule has 1 amide bonds. The van der Waals surface area contributed by atoms with E-state index in [9.17, 15) is 9.59 Å². The number of esters is 1. The van der Waals surface area contributed by atoms with Crippen LogP contribution in [0.2, 0.25) is 0 Å². The first-order valence-electron chi connectivity index (χ1n) is 8.46. The highest BCUT2D eigenvalue weighted by Crippen LogP contribution is 2.21. The van der Waals surface area contributed by atoms with Gasteiger partial charge in [-0.25, -0.2) is 9.78 Å². The van der Waals surface area contributed by atoms with Crippen LogP contribution in [0.15, 0.2) is 66.9 Å². The van der Waals surface area contributed by atoms with E-state index in [1.165, 1.54) is 13.3 Å². The number of pyridine rings is 1. The molecule has 142 valence electrons. The third-order valence-corrected chi connectivity index (χ3v) is 3.97. The number of carbonyl (C=O) groups excluding carboxylic acids is 2. The predicted octanol–water partition coefficient (Wildman–Crippen LogP) is 3.87. The number of benzene rings is 2. The maximum absolute atomic E-state index is 12.6. The van der Waals surface area contributed by atoms with Crippen molar-refractivity contribution in [2.24, 2.45) is 0 Å². The highest BCUT2D eigenvalue weighted by Gasteiger charge is 2.14. The molecule has 0 spiro atoms. The quantitative estimate of drug-likeness (QED) is 0.634. The molecule has 7 heteroatoms. The number of nitrogens with zero attached hydrogens (tertiary/aromatic N) is 1. The second-order valence-electron chi connectivity index (χ2n) is 5.77. The van der Waals surface area contributed by atoms with Gasteiger partial charge in [0.05, 0.1) is 25.5 Å². The number of nitrogens with one attached hydrogen (secondary N) is 2. The first-order valence-corrected chi connectivity index (χ1v) is 8.46. The molecule has 3 rings (SSSR count). The second kappa shape index (κ2) is 8.68. The number of rotatable bonds is 6. The lowest BCUT2D eigenvalue weighted by Gasteiger charge is -2.11. The van der Waals surface area contributed by atoms with Crippen LogP contribution in [0.3, 0.4) is 0 Å². The van der Waals surface area contributed by atoms with Gasteiger partial charge in [-0.2, -0.15) is 0 Å². The van der Waals surface area contributed by atoms with Crippen LogP contribution in [0.5, 0.6) is 5.75 Å². The number of ether oxygens (including phenoxy) is 2. The summed E-state index contributed by atoms with van der Waals surface area (Å²) in [5.41, 5.74) is 1.86. The minimum absolute atomic E-state index is 0.281. The van der Waals surface area contributed by atoms with Gasteiger partial charge in [0.2, 0.25) is 0 Å². The molecule has 0 saturated heterocycles. The third-order valence-electron chi connectivity index (χ3n) is 3.97. The summed E-state index contributed by atoms with van der Waals surface area (Å²) < 4.78 is 9.88. The zero-order valence-electron chi connectivity index (χ0n) is 15.4. The van der Waals surface area contributed by atoms with Crippen LogP contribution in [0.25, 0.3) is 0 Å². The number of methoxy groups -OCH3 is 2. The van der Waals surface area contributed by atoms with E-state index in [0.717, 1.165) is 11.4 Å². The van der Waals surface area contributed by atoms with Crippen LogP contribution >= 0.6 is 0 Å². The lowest BCUT2D eigenvalue weighted by Crippen LogP contribution is -2.15. The molecule has 3 aromatic rings. The summed E-state index contributed by atoms with van der Waals surface area (Å²) in [6, 6.07) is 17.2. The number of para-hydroxylation sites is 1. The van der Waals surface area contributed by atoms with Gasteiger partial charge in [0.25, 0.3) is 5.91 Å². The van der Waals surface area contributed by atoms with Gasteiger partial charge in [-0.3, -0.25) is 4.79 Å². The zero-order chi connectivity index (χ0) is 19.9. The highest BCUT2D eigenvalue weighted by molar-refractivity contribution is 6.08. The molecule has 2 aromatic carbocycles. The van der Waals surface area contributed by atoms with Crippen molar-refractivity contribution in [3.05, 3.63) is 78.0 Å². The molecular weight excluding hydrogens is 358 g/mol. The van der Waals surface area contributed by atoms with E-state index in [4.69, 9.17) is 9.47 Å². The molecule has 28 heavy (non-hydrogen) atoms. The van der Waals surface area contributed by atoms with Gasteiger partial charge in [0.15, 0.2) is 0 Å². The molecule has 0 bridgehead atoms. The molecule has 0 aliphatic rings. The SMILES string of the molecule is COC(=O)c1ccccc1NC(=O)c1ccnc(Nc2ccc(OC)cc2)c1. The number of aromatic nitrogens is 1. The molecule has 0 aliphatic carbocycles. The van der Waals surface area contributed by atoms with Gasteiger partial charge >= 0.3 is 5.97 Å². The molecule has 1 aromatic heterocycles. The molecule has 0 radical (unpaired) electrons. The van der Waals surface area contributed by atoms with Crippen LogP contribution in [-0.4, -0.2) is 31.1 Å². The maximum Gasteiger partial charge on any atom is 0.339 e. The Morgan fingerprint density at radius 3 is 2.43 bits per heavy atom. The lowest BCUT2D eigenvalue weighted by molar-refractivity contribution is 0.0602. The minimum Gasteiger partial charge on any atom is -0.497 e. The molecule has 0 atom stereocenters. The van der Waals surface area contributed by atoms with Crippen LogP contribution in [0.1, 0.15) is 20.7 Å². The van der Waals surface area contributed by atoms with Crippen molar-refractivity contribution < 1.29 is 19.1 Å². The van der Waals surface area contributed by atoms with E-state index in [1.54, 1.807) is 43.5 Å². The number of carbonyl (C=O) groups is 2. The summed E-state index contributed by atoms with van der Waals surface area (Å²) in [6.07, 6.45) is 1.53. The van der Waals surface area contributed by atoms with E-state index < -0.39 is 5.97 Å². The summed E-state index contributed by atoms with van der Waals surface area (Å²) >= 11 is 0. The van der Waals surface area contributed by atoms with Crippen molar-refractivity contribution in [3.63, 3.8) is 0 Å². The Labute approximate surface area is 162 Å². The first kappa shape index (κ1) is 18.9. The fraction of sp³-hybridized carbons (Fsp3) is 0.0952. The standard InChI is InChI=1S/C21H19N3O4/c1-27-16-9-7-15(8-10-16)23-19-13-14(11-12-22-19)20(25)24-18-6-4-3-5-17(18)21(26)28-2/h3-13H,1-2H3,(H,22,23)(H,24,25). The van der Waals surface area contributed by atoms with Gasteiger partial charge in [-0.15, -0.1) is 0 Å². The fourth-order valence-corrected chi connectivity index (χ4v) is 2.54. The van der Waals surface area contributed by atoms with E-state index in [2.05, 4.69) is 15.6 Å². The Morgan fingerprint density at radius 2 is 1.71 bits per heavy atom. The fourth-order valence-electron chi connectivity index (χ4n) is 2.54. The van der Waals surface area contributed by atoms with Crippen molar-refractivity contribution in [1.29, 1.82) is 0 Å². The Bertz CT molecular complexity index is 987. The summed E-state index contributed by atoms with van der Waals surface area (Å²) in [7, 11) is 2.89. The van der Waals surface area contributed by atoms with Gasteiger partial charge in [0.1, 0.15) is 11.6 Å². The Kier molecular flexibility index (Phi) is 5.86. The Morgan fingerprint density at radius 1 is 0.964 bits per heavy atom. The van der Waals surface area contributed by atoms with Crippen molar-refractivity contribution in [2.75, 3.05) is 24.9 Å². The second-order valence-corrected chi connectivity index (χ2v) is 5.77. The molecule has 2 N–H and O–H groups in total. The van der Waals surface area contributed by atoms with Gasteiger partial charge in [0, 0.05) is 17.4 Å². The summed E-state index contributed by atoms with van der Waals surface area (Å²) in [5.74, 6) is 0.374. The average molecular weight is 377 g/mol. The maximum atomic E-state index is 12.6. The van der Waals surface area contributed by atoms with Crippen molar-refractivity contribution in [2.45, 2.75) is 0 Å². The number of anilines is 3. The van der Waals surface area contributed by atoms with E-state index in [1.807, 2.05) is 24.3 Å². The number of hydrogen-bond acceptors (Lipinski definition) is 6. The summed E-state index contributed by atoms with van der Waals surface area (Å²) in [4.78, 5) is 28.7. The van der Waals surface area contributed by atoms with E-state index >= 15 is 0 Å². The minimum atomic E-state index is -0.521. The molecule has 0 aliphatic heterocycles. The largest absolute Gasteiger partial charge is 0.497 e. The van der Waals surface area contributed by atoms with Crippen LogP contribution < -0.4 is 15.4 Å². The summed E-state index contributed by atoms with van der Waals surface area (Å²) in [5, 5.41) is 5.87. The first-order chi connectivity index (χ1) is 13.6. The molecule has 0 saturated carbocycles. The Balaban J connectivity index is 1.76. The van der Waals surface area contributed by atoms with Crippen LogP contribution in [0, 0.1) is 0 Å². The number of hydrogen-bond donors (Lipinski definition) is 2. The van der Waals surface area contributed by atoms with Crippen molar-refractivity contribution in [1.82, 2.24) is 4.98 Å². The average Bonchev–Trinajstić information content (AvgIpc) is 2.74. The Hall–Kier alpha value is -3.87. The smallest absolute Gasteiger partial charge is 0.339 e. The van der Waals surface area contributed by atoms with Crippen molar-refractivity contribution >= 4 is 29.1 Å². The number of amides is 1. The molecule has 0 unspecified atom stereocenters. The van der Waals surface area contributed by atoms with Crippen LogP contribution in [0.4, 0.5) is 17.2 Å². The monoisotopic (exact) mass is 377 g/mol. The molecular formula is C21H19N3O4.